The van der Waals surface area contributed by atoms with E-state index in [2.05, 4.69) is 15.9 Å². The SMILES string of the molecule is CO[C@H](C)CN(C(=O)C(F)(F)F)c1[c]ccc(N2CCN(C)CC2)c1. The van der Waals surface area contributed by atoms with Gasteiger partial charge < -0.3 is 19.4 Å². The third-order valence-corrected chi connectivity index (χ3v) is 4.26. The first-order valence-electron chi connectivity index (χ1n) is 8.09. The first kappa shape index (κ1) is 19.5. The molecule has 1 fully saturated rings. The molecule has 0 N–H and O–H groups in total. The second kappa shape index (κ2) is 8.05. The van der Waals surface area contributed by atoms with Crippen molar-refractivity contribution in [2.45, 2.75) is 19.2 Å². The van der Waals surface area contributed by atoms with E-state index in [0.717, 1.165) is 31.9 Å². The van der Waals surface area contributed by atoms with Crippen LogP contribution in [0.1, 0.15) is 6.92 Å². The molecule has 1 aromatic rings. The fourth-order valence-electron chi connectivity index (χ4n) is 2.63. The van der Waals surface area contributed by atoms with E-state index in [0.29, 0.717) is 4.90 Å². The molecule has 0 aromatic heterocycles. The third kappa shape index (κ3) is 5.09. The Morgan fingerprint density at radius 2 is 2.00 bits per heavy atom. The summed E-state index contributed by atoms with van der Waals surface area (Å²) in [7, 11) is 3.42. The first-order valence-corrected chi connectivity index (χ1v) is 8.09. The topological polar surface area (TPSA) is 36.0 Å². The number of nitrogens with zero attached hydrogens (tertiary/aromatic N) is 3. The Balaban J connectivity index is 2.27. The Labute approximate surface area is 145 Å². The third-order valence-electron chi connectivity index (χ3n) is 4.26. The van der Waals surface area contributed by atoms with Gasteiger partial charge in [0.2, 0.25) is 0 Å². The normalized spacial score (nSPS) is 17.4. The maximum Gasteiger partial charge on any atom is 0.471 e. The van der Waals surface area contributed by atoms with Crippen LogP contribution in [0.15, 0.2) is 18.2 Å². The molecule has 8 heteroatoms. The summed E-state index contributed by atoms with van der Waals surface area (Å²) in [6, 6.07) is 7.68. The number of carbonyl (C=O) groups is 1. The highest BCUT2D eigenvalue weighted by Crippen LogP contribution is 2.27. The summed E-state index contributed by atoms with van der Waals surface area (Å²) in [6.07, 6.45) is -5.49. The minimum absolute atomic E-state index is 0.0997. The van der Waals surface area contributed by atoms with E-state index in [1.165, 1.54) is 7.11 Å². The fourth-order valence-corrected chi connectivity index (χ4v) is 2.63. The smallest absolute Gasteiger partial charge is 0.380 e. The van der Waals surface area contributed by atoms with E-state index in [4.69, 9.17) is 4.74 Å². The van der Waals surface area contributed by atoms with Gasteiger partial charge in [-0.25, -0.2) is 0 Å². The van der Waals surface area contributed by atoms with Crippen LogP contribution in [0.4, 0.5) is 24.5 Å². The van der Waals surface area contributed by atoms with Crippen molar-refractivity contribution >= 4 is 17.3 Å². The van der Waals surface area contributed by atoms with Crippen molar-refractivity contribution in [2.75, 3.05) is 56.7 Å². The van der Waals surface area contributed by atoms with Gasteiger partial charge in [-0.2, -0.15) is 13.2 Å². The summed E-state index contributed by atoms with van der Waals surface area (Å²) in [5.41, 5.74) is 0.884. The molecule has 2 rings (SSSR count). The van der Waals surface area contributed by atoms with Gasteiger partial charge in [-0.15, -0.1) is 0 Å². The van der Waals surface area contributed by atoms with Gasteiger partial charge in [0.05, 0.1) is 18.3 Å². The number of carbonyl (C=O) groups excluding carboxylic acids is 1. The van der Waals surface area contributed by atoms with Crippen molar-refractivity contribution in [3.63, 3.8) is 0 Å². The highest BCUT2D eigenvalue weighted by atomic mass is 19.4. The molecule has 1 atom stereocenters. The molecule has 0 unspecified atom stereocenters. The number of amides is 1. The second-order valence-electron chi connectivity index (χ2n) is 6.18. The molecule has 5 nitrogen and oxygen atoms in total. The van der Waals surface area contributed by atoms with Crippen LogP contribution < -0.4 is 9.80 Å². The number of rotatable bonds is 5. The largest absolute Gasteiger partial charge is 0.471 e. The lowest BCUT2D eigenvalue weighted by Crippen LogP contribution is -2.46. The zero-order valence-electron chi connectivity index (χ0n) is 14.6. The summed E-state index contributed by atoms with van der Waals surface area (Å²) >= 11 is 0. The first-order chi connectivity index (χ1) is 11.7. The molecule has 1 amide bonds. The monoisotopic (exact) mass is 358 g/mol. The molecule has 1 heterocycles. The van der Waals surface area contributed by atoms with Crippen molar-refractivity contribution in [2.24, 2.45) is 0 Å². The highest BCUT2D eigenvalue weighted by molar-refractivity contribution is 5.97. The summed E-state index contributed by atoms with van der Waals surface area (Å²) in [5.74, 6) is -1.91. The molecule has 139 valence electrons. The number of benzene rings is 1. The maximum absolute atomic E-state index is 13.0. The molecular formula is C17H23F3N3O2. The standard InChI is InChI=1S/C17H23F3N3O2/c1-13(25-3)12-23(16(24)17(18,19)20)15-6-4-5-14(11-15)22-9-7-21(2)8-10-22/h4-5,11,13H,7-10,12H2,1-3H3/t13-/m1/s1. The molecule has 25 heavy (non-hydrogen) atoms. The number of ether oxygens (including phenoxy) is 1. The minimum Gasteiger partial charge on any atom is -0.380 e. The van der Waals surface area contributed by atoms with E-state index in [1.807, 2.05) is 7.05 Å². The number of methoxy groups -OCH3 is 1. The molecule has 1 aliphatic heterocycles. The van der Waals surface area contributed by atoms with Gasteiger partial charge >= 0.3 is 12.1 Å². The van der Waals surface area contributed by atoms with E-state index >= 15 is 0 Å². The summed E-state index contributed by atoms with van der Waals surface area (Å²) in [6.45, 7) is 4.72. The van der Waals surface area contributed by atoms with Crippen molar-refractivity contribution in [1.29, 1.82) is 0 Å². The predicted molar refractivity (Wildman–Crippen MR) is 89.9 cm³/mol. The molecule has 1 radical (unpaired) electrons. The van der Waals surface area contributed by atoms with Crippen molar-refractivity contribution in [3.05, 3.63) is 24.3 Å². The van der Waals surface area contributed by atoms with Crippen LogP contribution in [-0.2, 0) is 9.53 Å². The van der Waals surface area contributed by atoms with Gasteiger partial charge in [0.15, 0.2) is 0 Å². The van der Waals surface area contributed by atoms with Gasteiger partial charge in [0.1, 0.15) is 0 Å². The maximum atomic E-state index is 13.0. The molecule has 0 saturated carbocycles. The van der Waals surface area contributed by atoms with Crippen LogP contribution in [0.2, 0.25) is 0 Å². The van der Waals surface area contributed by atoms with Crippen LogP contribution in [0.3, 0.4) is 0 Å². The van der Waals surface area contributed by atoms with Crippen molar-refractivity contribution < 1.29 is 22.7 Å². The van der Waals surface area contributed by atoms with Crippen LogP contribution in [0, 0.1) is 6.07 Å². The summed E-state index contributed by atoms with van der Waals surface area (Å²) < 4.78 is 44.0. The van der Waals surface area contributed by atoms with Crippen molar-refractivity contribution in [1.82, 2.24) is 4.90 Å². The Bertz CT molecular complexity index is 587. The molecule has 1 aromatic carbocycles. The molecule has 0 bridgehead atoms. The second-order valence-corrected chi connectivity index (χ2v) is 6.18. The lowest BCUT2D eigenvalue weighted by atomic mass is 10.2. The highest BCUT2D eigenvalue weighted by Gasteiger charge is 2.43. The van der Waals surface area contributed by atoms with Crippen LogP contribution in [0.25, 0.3) is 0 Å². The van der Waals surface area contributed by atoms with E-state index < -0.39 is 18.2 Å². The number of piperazine rings is 1. The minimum atomic E-state index is -4.95. The van der Waals surface area contributed by atoms with Crippen LogP contribution in [-0.4, -0.2) is 70.0 Å². The van der Waals surface area contributed by atoms with Gasteiger partial charge in [-0.1, -0.05) is 6.07 Å². The summed E-state index contributed by atoms with van der Waals surface area (Å²) in [5, 5.41) is 0. The molecule has 0 spiro atoms. The van der Waals surface area contributed by atoms with Crippen LogP contribution >= 0.6 is 0 Å². The molecular weight excluding hydrogens is 335 g/mol. The number of alkyl halides is 3. The van der Waals surface area contributed by atoms with Crippen molar-refractivity contribution in [3.8, 4) is 0 Å². The quantitative estimate of drug-likeness (QED) is 0.808. The Kier molecular flexibility index (Phi) is 6.29. The van der Waals surface area contributed by atoms with Gasteiger partial charge in [0, 0.05) is 45.0 Å². The lowest BCUT2D eigenvalue weighted by molar-refractivity contribution is -0.170. The number of hydrogen-bond donors (Lipinski definition) is 0. The zero-order chi connectivity index (χ0) is 18.6. The van der Waals surface area contributed by atoms with Crippen LogP contribution in [0.5, 0.6) is 0 Å². The lowest BCUT2D eigenvalue weighted by Gasteiger charge is -2.34. The number of likely N-dealkylation sites (N-methyl/N-ethyl adjacent to an activating group) is 1. The molecule has 1 aliphatic rings. The number of hydrogen-bond acceptors (Lipinski definition) is 4. The number of anilines is 2. The molecule has 0 aliphatic carbocycles. The average Bonchev–Trinajstić information content (AvgIpc) is 2.58. The van der Waals surface area contributed by atoms with E-state index in [9.17, 15) is 18.0 Å². The Morgan fingerprint density at radius 3 is 2.56 bits per heavy atom. The van der Waals surface area contributed by atoms with E-state index in [-0.39, 0.29) is 12.2 Å². The zero-order valence-corrected chi connectivity index (χ0v) is 14.6. The Morgan fingerprint density at radius 1 is 1.36 bits per heavy atom. The predicted octanol–water partition coefficient (Wildman–Crippen LogP) is 2.17. The van der Waals surface area contributed by atoms with Gasteiger partial charge in [-0.05, 0) is 26.1 Å². The van der Waals surface area contributed by atoms with Gasteiger partial charge in [-0.3, -0.25) is 4.79 Å². The van der Waals surface area contributed by atoms with Gasteiger partial charge in [0.25, 0.3) is 0 Å². The summed E-state index contributed by atoms with van der Waals surface area (Å²) in [4.78, 5) is 16.8. The average molecular weight is 358 g/mol. The molecule has 1 saturated heterocycles. The number of halogens is 3. The fraction of sp³-hybridized carbons (Fsp3) is 0.588. The van der Waals surface area contributed by atoms with E-state index in [1.54, 1.807) is 25.1 Å². The Hall–Kier alpha value is -1.80.